The van der Waals surface area contributed by atoms with Crippen molar-refractivity contribution < 1.29 is 9.90 Å². The number of aliphatic hydroxyl groups is 1. The molecule has 4 nitrogen and oxygen atoms in total. The van der Waals surface area contributed by atoms with Gasteiger partial charge in [0.2, 0.25) is 0 Å². The molecule has 1 atom stereocenters. The average molecular weight is 379 g/mol. The van der Waals surface area contributed by atoms with Crippen molar-refractivity contribution in [3.63, 3.8) is 0 Å². The number of hydrogen-bond donors (Lipinski definition) is 1. The molecule has 4 heteroatoms. The van der Waals surface area contributed by atoms with Crippen LogP contribution in [-0.4, -0.2) is 42.1 Å². The van der Waals surface area contributed by atoms with E-state index in [0.717, 1.165) is 44.3 Å². The van der Waals surface area contributed by atoms with E-state index in [1.165, 1.54) is 11.3 Å². The van der Waals surface area contributed by atoms with Crippen LogP contribution in [-0.2, 0) is 10.4 Å². The number of carbonyl (C=O) groups excluding carboxylic acids is 1. The fraction of sp³-hybridized carbons (Fsp3) is 0.458. The van der Waals surface area contributed by atoms with Crippen molar-refractivity contribution in [2.24, 2.45) is 5.92 Å². The Kier molecular flexibility index (Phi) is 5.40. The summed E-state index contributed by atoms with van der Waals surface area (Å²) >= 11 is 0. The molecule has 28 heavy (non-hydrogen) atoms. The molecule has 1 N–H and O–H groups in total. The number of piperazine rings is 1. The molecule has 1 heterocycles. The summed E-state index contributed by atoms with van der Waals surface area (Å²) in [6, 6.07) is 18.1. The smallest absolute Gasteiger partial charge is 0.259 e. The van der Waals surface area contributed by atoms with Crippen molar-refractivity contribution in [1.29, 1.82) is 0 Å². The highest BCUT2D eigenvalue weighted by Crippen LogP contribution is 2.42. The van der Waals surface area contributed by atoms with Crippen LogP contribution in [0.15, 0.2) is 54.6 Å². The molecule has 0 spiro atoms. The fourth-order valence-electron chi connectivity index (χ4n) is 4.73. The SMILES string of the molecule is Cc1ccc(N2CCN(C(=O)[C@](O)(c3ccccc3)C3CCCC3)CC2)cc1. The number of benzene rings is 2. The highest BCUT2D eigenvalue weighted by molar-refractivity contribution is 5.87. The van der Waals surface area contributed by atoms with Crippen LogP contribution in [0.4, 0.5) is 5.69 Å². The molecule has 1 aliphatic carbocycles. The number of carbonyl (C=O) groups is 1. The lowest BCUT2D eigenvalue weighted by Gasteiger charge is -2.42. The van der Waals surface area contributed by atoms with Gasteiger partial charge in [-0.15, -0.1) is 0 Å². The molecule has 1 amide bonds. The first-order chi connectivity index (χ1) is 13.6. The summed E-state index contributed by atoms with van der Waals surface area (Å²) in [7, 11) is 0. The lowest BCUT2D eigenvalue weighted by molar-refractivity contribution is -0.159. The Bertz CT molecular complexity index is 791. The molecule has 0 radical (unpaired) electrons. The molecule has 2 aliphatic rings. The molecular weight excluding hydrogens is 348 g/mol. The molecule has 2 aromatic carbocycles. The van der Waals surface area contributed by atoms with Gasteiger partial charge >= 0.3 is 0 Å². The van der Waals surface area contributed by atoms with Gasteiger partial charge in [0.25, 0.3) is 5.91 Å². The Labute approximate surface area is 167 Å². The Morgan fingerprint density at radius 2 is 1.54 bits per heavy atom. The minimum absolute atomic E-state index is 0.0116. The molecule has 1 aliphatic heterocycles. The Balaban J connectivity index is 1.51. The van der Waals surface area contributed by atoms with Crippen LogP contribution in [0.1, 0.15) is 36.8 Å². The van der Waals surface area contributed by atoms with Gasteiger partial charge in [0.1, 0.15) is 0 Å². The number of rotatable bonds is 4. The van der Waals surface area contributed by atoms with Gasteiger partial charge in [-0.2, -0.15) is 0 Å². The lowest BCUT2D eigenvalue weighted by Crippen LogP contribution is -2.56. The van der Waals surface area contributed by atoms with E-state index in [-0.39, 0.29) is 11.8 Å². The van der Waals surface area contributed by atoms with E-state index in [2.05, 4.69) is 36.1 Å². The van der Waals surface area contributed by atoms with E-state index < -0.39 is 5.60 Å². The van der Waals surface area contributed by atoms with Crippen molar-refractivity contribution >= 4 is 11.6 Å². The minimum atomic E-state index is -1.40. The monoisotopic (exact) mass is 378 g/mol. The minimum Gasteiger partial charge on any atom is -0.375 e. The second-order valence-electron chi connectivity index (χ2n) is 8.23. The Hall–Kier alpha value is -2.33. The predicted octanol–water partition coefficient (Wildman–Crippen LogP) is 3.72. The van der Waals surface area contributed by atoms with Crippen LogP contribution in [0.2, 0.25) is 0 Å². The summed E-state index contributed by atoms with van der Waals surface area (Å²) < 4.78 is 0. The zero-order valence-corrected chi connectivity index (χ0v) is 16.7. The molecule has 2 aromatic rings. The lowest BCUT2D eigenvalue weighted by atomic mass is 9.79. The molecule has 2 fully saturated rings. The molecular formula is C24H30N2O2. The third-order valence-corrected chi connectivity index (χ3v) is 6.45. The van der Waals surface area contributed by atoms with E-state index in [1.807, 2.05) is 35.2 Å². The first-order valence-corrected chi connectivity index (χ1v) is 10.5. The first kappa shape index (κ1) is 19.0. The van der Waals surface area contributed by atoms with Crippen LogP contribution < -0.4 is 4.90 Å². The third kappa shape index (κ3) is 3.53. The van der Waals surface area contributed by atoms with Crippen molar-refractivity contribution in [3.8, 4) is 0 Å². The van der Waals surface area contributed by atoms with Gasteiger partial charge < -0.3 is 14.9 Å². The summed E-state index contributed by atoms with van der Waals surface area (Å²) in [6.07, 6.45) is 4.02. The maximum atomic E-state index is 13.6. The van der Waals surface area contributed by atoms with Gasteiger partial charge in [-0.3, -0.25) is 4.79 Å². The van der Waals surface area contributed by atoms with Crippen molar-refractivity contribution in [1.82, 2.24) is 4.90 Å². The van der Waals surface area contributed by atoms with Gasteiger partial charge in [-0.25, -0.2) is 0 Å². The van der Waals surface area contributed by atoms with Crippen molar-refractivity contribution in [2.75, 3.05) is 31.1 Å². The standard InChI is InChI=1S/C24H30N2O2/c1-19-11-13-22(14-12-19)25-15-17-26(18-16-25)23(27)24(28,21-9-5-6-10-21)20-7-3-2-4-8-20/h2-4,7-8,11-14,21,28H,5-6,9-10,15-18H2,1H3/t24-/m0/s1. The maximum Gasteiger partial charge on any atom is 0.259 e. The summed E-state index contributed by atoms with van der Waals surface area (Å²) in [6.45, 7) is 4.98. The fourth-order valence-corrected chi connectivity index (χ4v) is 4.73. The van der Waals surface area contributed by atoms with Gasteiger partial charge in [0.05, 0.1) is 0 Å². The van der Waals surface area contributed by atoms with Crippen LogP contribution in [0.3, 0.4) is 0 Å². The Morgan fingerprint density at radius 1 is 0.929 bits per heavy atom. The normalized spacial score (nSPS) is 20.2. The summed E-state index contributed by atoms with van der Waals surface area (Å²) in [4.78, 5) is 17.7. The second kappa shape index (κ2) is 7.96. The zero-order chi connectivity index (χ0) is 19.6. The Morgan fingerprint density at radius 3 is 2.14 bits per heavy atom. The molecule has 4 rings (SSSR count). The largest absolute Gasteiger partial charge is 0.375 e. The number of nitrogens with zero attached hydrogens (tertiary/aromatic N) is 2. The van der Waals surface area contributed by atoms with Crippen molar-refractivity contribution in [3.05, 3.63) is 65.7 Å². The first-order valence-electron chi connectivity index (χ1n) is 10.5. The third-order valence-electron chi connectivity index (χ3n) is 6.45. The maximum absolute atomic E-state index is 13.6. The van der Waals surface area contributed by atoms with E-state index in [4.69, 9.17) is 0 Å². The highest BCUT2D eigenvalue weighted by Gasteiger charge is 2.48. The van der Waals surface area contributed by atoms with Gasteiger partial charge in [0, 0.05) is 37.8 Å². The quantitative estimate of drug-likeness (QED) is 0.882. The summed E-state index contributed by atoms with van der Waals surface area (Å²) in [5, 5.41) is 11.7. The van der Waals surface area contributed by atoms with E-state index >= 15 is 0 Å². The van der Waals surface area contributed by atoms with Crippen LogP contribution >= 0.6 is 0 Å². The number of anilines is 1. The number of aryl methyl sites for hydroxylation is 1. The van der Waals surface area contributed by atoms with E-state index in [0.29, 0.717) is 13.1 Å². The van der Waals surface area contributed by atoms with Crippen LogP contribution in [0.5, 0.6) is 0 Å². The topological polar surface area (TPSA) is 43.8 Å². The van der Waals surface area contributed by atoms with Gasteiger partial charge in [0.15, 0.2) is 5.60 Å². The number of hydrogen-bond acceptors (Lipinski definition) is 3. The van der Waals surface area contributed by atoms with Crippen molar-refractivity contribution in [2.45, 2.75) is 38.2 Å². The van der Waals surface area contributed by atoms with Gasteiger partial charge in [-0.1, -0.05) is 60.9 Å². The molecule has 0 unspecified atom stereocenters. The molecule has 148 valence electrons. The summed E-state index contributed by atoms with van der Waals surface area (Å²) in [5.41, 5.74) is 1.80. The molecule has 1 saturated carbocycles. The average Bonchev–Trinajstić information content (AvgIpc) is 3.29. The predicted molar refractivity (Wildman–Crippen MR) is 112 cm³/mol. The second-order valence-corrected chi connectivity index (χ2v) is 8.23. The molecule has 0 aromatic heterocycles. The van der Waals surface area contributed by atoms with Gasteiger partial charge in [-0.05, 0) is 37.5 Å². The van der Waals surface area contributed by atoms with Crippen LogP contribution in [0.25, 0.3) is 0 Å². The number of amides is 1. The summed E-state index contributed by atoms with van der Waals surface area (Å²) in [5.74, 6) is -0.105. The van der Waals surface area contributed by atoms with E-state index in [9.17, 15) is 9.90 Å². The highest BCUT2D eigenvalue weighted by atomic mass is 16.3. The molecule has 1 saturated heterocycles. The molecule has 0 bridgehead atoms. The zero-order valence-electron chi connectivity index (χ0n) is 16.7. The van der Waals surface area contributed by atoms with Crippen LogP contribution in [0, 0.1) is 12.8 Å². The van der Waals surface area contributed by atoms with E-state index in [1.54, 1.807) is 0 Å².